The highest BCUT2D eigenvalue weighted by atomic mass is 79.9. The van der Waals surface area contributed by atoms with Gasteiger partial charge < -0.3 is 10.1 Å². The maximum atomic E-state index is 6.22. The van der Waals surface area contributed by atoms with Crippen LogP contribution in [0.5, 0.6) is 5.75 Å². The van der Waals surface area contributed by atoms with Crippen LogP contribution >= 0.6 is 27.5 Å². The molecule has 0 aromatic heterocycles. The van der Waals surface area contributed by atoms with Crippen molar-refractivity contribution in [2.75, 3.05) is 0 Å². The van der Waals surface area contributed by atoms with Crippen LogP contribution in [0.3, 0.4) is 0 Å². The Balaban J connectivity index is 1.66. The van der Waals surface area contributed by atoms with Gasteiger partial charge in [-0.3, -0.25) is 0 Å². The number of para-hydroxylation sites is 1. The number of halogens is 2. The third-order valence-corrected chi connectivity index (χ3v) is 4.37. The second kappa shape index (κ2) is 6.82. The molecule has 0 spiro atoms. The van der Waals surface area contributed by atoms with Crippen molar-refractivity contribution in [3.05, 3.63) is 63.1 Å². The van der Waals surface area contributed by atoms with Crippen LogP contribution in [-0.2, 0) is 13.2 Å². The van der Waals surface area contributed by atoms with Gasteiger partial charge in [0.2, 0.25) is 0 Å². The molecule has 0 amide bonds. The Bertz CT molecular complexity index is 628. The summed E-state index contributed by atoms with van der Waals surface area (Å²) in [6.45, 7) is 1.33. The van der Waals surface area contributed by atoms with Crippen molar-refractivity contribution in [3.63, 3.8) is 0 Å². The number of ether oxygens (including phenoxy) is 1. The Morgan fingerprint density at radius 1 is 1.14 bits per heavy atom. The minimum absolute atomic E-state index is 0.479. The van der Waals surface area contributed by atoms with E-state index in [0.717, 1.165) is 27.4 Å². The molecule has 1 N–H and O–H groups in total. The first-order valence-electron chi connectivity index (χ1n) is 7.10. The van der Waals surface area contributed by atoms with Gasteiger partial charge in [-0.1, -0.05) is 51.8 Å². The van der Waals surface area contributed by atoms with E-state index in [0.29, 0.717) is 12.6 Å². The van der Waals surface area contributed by atoms with Gasteiger partial charge >= 0.3 is 0 Å². The molecule has 2 nitrogen and oxygen atoms in total. The molecule has 1 saturated carbocycles. The topological polar surface area (TPSA) is 21.3 Å². The quantitative estimate of drug-likeness (QED) is 0.782. The van der Waals surface area contributed by atoms with E-state index in [2.05, 4.69) is 27.3 Å². The third kappa shape index (κ3) is 4.22. The molecular formula is C17H17BrClNO. The molecule has 0 bridgehead atoms. The van der Waals surface area contributed by atoms with Gasteiger partial charge in [0.05, 0.1) is 0 Å². The molecule has 0 unspecified atom stereocenters. The second-order valence-electron chi connectivity index (χ2n) is 5.29. The van der Waals surface area contributed by atoms with E-state index < -0.39 is 0 Å². The average Bonchev–Trinajstić information content (AvgIpc) is 3.29. The summed E-state index contributed by atoms with van der Waals surface area (Å²) in [6.07, 6.45) is 2.58. The summed E-state index contributed by atoms with van der Waals surface area (Å²) in [5, 5.41) is 4.24. The highest BCUT2D eigenvalue weighted by molar-refractivity contribution is 9.10. The lowest BCUT2D eigenvalue weighted by atomic mass is 10.2. The first-order valence-corrected chi connectivity index (χ1v) is 8.27. The molecule has 3 rings (SSSR count). The first-order chi connectivity index (χ1) is 10.2. The number of hydrogen-bond acceptors (Lipinski definition) is 2. The molecule has 0 atom stereocenters. The zero-order chi connectivity index (χ0) is 14.7. The SMILES string of the molecule is Clc1cc(Br)ccc1COc1ccccc1CNC1CC1. The van der Waals surface area contributed by atoms with Gasteiger partial charge in [0.1, 0.15) is 12.4 Å². The fourth-order valence-electron chi connectivity index (χ4n) is 2.13. The number of nitrogens with one attached hydrogen (secondary N) is 1. The van der Waals surface area contributed by atoms with E-state index >= 15 is 0 Å². The van der Waals surface area contributed by atoms with Crippen LogP contribution < -0.4 is 10.1 Å². The van der Waals surface area contributed by atoms with Crippen molar-refractivity contribution in [3.8, 4) is 5.75 Å². The lowest BCUT2D eigenvalue weighted by molar-refractivity contribution is 0.302. The largest absolute Gasteiger partial charge is 0.489 e. The standard InChI is InChI=1S/C17H17BrClNO/c18-14-6-5-13(16(19)9-14)11-21-17-4-2-1-3-12(17)10-20-15-7-8-15/h1-6,9,15,20H,7-8,10-11H2. The van der Waals surface area contributed by atoms with Gasteiger partial charge in [-0.25, -0.2) is 0 Å². The van der Waals surface area contributed by atoms with E-state index in [1.54, 1.807) is 0 Å². The number of benzene rings is 2. The summed E-state index contributed by atoms with van der Waals surface area (Å²) in [5.41, 5.74) is 2.18. The average molecular weight is 367 g/mol. The zero-order valence-corrected chi connectivity index (χ0v) is 14.0. The second-order valence-corrected chi connectivity index (χ2v) is 6.61. The zero-order valence-electron chi connectivity index (χ0n) is 11.6. The summed E-state index contributed by atoms with van der Waals surface area (Å²) >= 11 is 9.63. The van der Waals surface area contributed by atoms with Crippen LogP contribution in [0.1, 0.15) is 24.0 Å². The van der Waals surface area contributed by atoms with Crippen LogP contribution in [0.25, 0.3) is 0 Å². The summed E-state index contributed by atoms with van der Waals surface area (Å²) in [7, 11) is 0. The van der Waals surface area contributed by atoms with E-state index in [9.17, 15) is 0 Å². The third-order valence-electron chi connectivity index (χ3n) is 3.53. The highest BCUT2D eigenvalue weighted by Crippen LogP contribution is 2.25. The van der Waals surface area contributed by atoms with Gasteiger partial charge in [0.25, 0.3) is 0 Å². The van der Waals surface area contributed by atoms with Crippen molar-refractivity contribution in [2.45, 2.75) is 32.0 Å². The van der Waals surface area contributed by atoms with E-state index in [1.807, 2.05) is 36.4 Å². The molecule has 1 fully saturated rings. The molecule has 4 heteroatoms. The van der Waals surface area contributed by atoms with Crippen molar-refractivity contribution >= 4 is 27.5 Å². The summed E-state index contributed by atoms with van der Waals surface area (Å²) in [5.74, 6) is 0.921. The normalized spacial score (nSPS) is 14.2. The van der Waals surface area contributed by atoms with Crippen molar-refractivity contribution in [2.24, 2.45) is 0 Å². The monoisotopic (exact) mass is 365 g/mol. The van der Waals surface area contributed by atoms with Gasteiger partial charge in [-0.15, -0.1) is 0 Å². The number of rotatable bonds is 6. The van der Waals surface area contributed by atoms with Crippen LogP contribution in [-0.4, -0.2) is 6.04 Å². The molecule has 0 saturated heterocycles. The number of hydrogen-bond donors (Lipinski definition) is 1. The molecular weight excluding hydrogens is 350 g/mol. The molecule has 1 aliphatic rings. The van der Waals surface area contributed by atoms with Crippen molar-refractivity contribution < 1.29 is 4.74 Å². The lowest BCUT2D eigenvalue weighted by Crippen LogP contribution is -2.16. The summed E-state index contributed by atoms with van der Waals surface area (Å²) in [4.78, 5) is 0. The molecule has 1 aliphatic carbocycles. The predicted molar refractivity (Wildman–Crippen MR) is 89.8 cm³/mol. The van der Waals surface area contributed by atoms with Crippen LogP contribution in [0.15, 0.2) is 46.9 Å². The van der Waals surface area contributed by atoms with E-state index in [4.69, 9.17) is 16.3 Å². The fourth-order valence-corrected chi connectivity index (χ4v) is 2.85. The summed E-state index contributed by atoms with van der Waals surface area (Å²) < 4.78 is 6.93. The van der Waals surface area contributed by atoms with Gasteiger partial charge in [-0.05, 0) is 31.0 Å². The van der Waals surface area contributed by atoms with E-state index in [1.165, 1.54) is 18.4 Å². The maximum Gasteiger partial charge on any atom is 0.124 e. The Morgan fingerprint density at radius 3 is 2.71 bits per heavy atom. The van der Waals surface area contributed by atoms with Crippen molar-refractivity contribution in [1.82, 2.24) is 5.32 Å². The van der Waals surface area contributed by atoms with Gasteiger partial charge in [0.15, 0.2) is 0 Å². The molecule has 0 aliphatic heterocycles. The molecule has 0 radical (unpaired) electrons. The molecule has 2 aromatic carbocycles. The minimum Gasteiger partial charge on any atom is -0.489 e. The molecule has 21 heavy (non-hydrogen) atoms. The van der Waals surface area contributed by atoms with Crippen LogP contribution in [0.2, 0.25) is 5.02 Å². The molecule has 110 valence electrons. The van der Waals surface area contributed by atoms with Gasteiger partial charge in [0, 0.05) is 33.2 Å². The molecule has 2 aromatic rings. The summed E-state index contributed by atoms with van der Waals surface area (Å²) in [6, 6.07) is 14.7. The van der Waals surface area contributed by atoms with Crippen LogP contribution in [0.4, 0.5) is 0 Å². The lowest BCUT2D eigenvalue weighted by Gasteiger charge is -2.13. The Morgan fingerprint density at radius 2 is 1.95 bits per heavy atom. The van der Waals surface area contributed by atoms with E-state index in [-0.39, 0.29) is 0 Å². The molecule has 0 heterocycles. The van der Waals surface area contributed by atoms with Gasteiger partial charge in [-0.2, -0.15) is 0 Å². The highest BCUT2D eigenvalue weighted by Gasteiger charge is 2.20. The maximum absolute atomic E-state index is 6.22. The predicted octanol–water partition coefficient (Wildman–Crippen LogP) is 4.93. The van der Waals surface area contributed by atoms with Crippen molar-refractivity contribution in [1.29, 1.82) is 0 Å². The smallest absolute Gasteiger partial charge is 0.124 e. The Labute approximate surface area is 138 Å². The minimum atomic E-state index is 0.479. The Kier molecular flexibility index (Phi) is 4.84. The first kappa shape index (κ1) is 14.9. The fraction of sp³-hybridized carbons (Fsp3) is 0.294. The Hall–Kier alpha value is -1.03. The van der Waals surface area contributed by atoms with Crippen LogP contribution in [0, 0.1) is 0 Å².